The number of hydrogen-bond acceptors (Lipinski definition) is 5. The number of aliphatic hydroxyl groups is 1. The Balaban J connectivity index is 0.00000150. The van der Waals surface area contributed by atoms with Crippen LogP contribution in [0.25, 0.3) is 0 Å². The van der Waals surface area contributed by atoms with E-state index in [-0.39, 0.29) is 36.5 Å². The van der Waals surface area contributed by atoms with E-state index in [1.54, 1.807) is 11.3 Å². The van der Waals surface area contributed by atoms with E-state index < -0.39 is 5.60 Å². The first kappa shape index (κ1) is 24.3. The second-order valence-electron chi connectivity index (χ2n) is 7.82. The molecule has 0 spiro atoms. The lowest BCUT2D eigenvalue weighted by atomic mass is 9.67. The van der Waals surface area contributed by atoms with E-state index in [1.165, 1.54) is 4.88 Å². The summed E-state index contributed by atoms with van der Waals surface area (Å²) < 4.78 is 0. The third-order valence-electron chi connectivity index (χ3n) is 6.13. The van der Waals surface area contributed by atoms with Gasteiger partial charge in [-0.2, -0.15) is 0 Å². The standard InChI is InChI=1S/C22H28N2O2S.2ClH/c25-21(22(26,19-8-4-9-19)18-6-2-1-3-7-18)17-24-13-11-23(12-14-24)16-20-10-5-15-27-20;;/h1-3,5-7,10,15,19,26H,4,8-9,11-14,16-17H2;2*1H. The Kier molecular flexibility index (Phi) is 9.14. The summed E-state index contributed by atoms with van der Waals surface area (Å²) in [6.07, 6.45) is 2.98. The van der Waals surface area contributed by atoms with E-state index >= 15 is 0 Å². The third kappa shape index (κ3) is 5.40. The lowest BCUT2D eigenvalue weighted by Crippen LogP contribution is -2.53. The minimum Gasteiger partial charge on any atom is -0.377 e. The van der Waals surface area contributed by atoms with Crippen LogP contribution in [0.4, 0.5) is 0 Å². The number of piperazine rings is 1. The van der Waals surface area contributed by atoms with Crippen molar-refractivity contribution in [1.82, 2.24) is 9.80 Å². The van der Waals surface area contributed by atoms with E-state index in [4.69, 9.17) is 0 Å². The molecule has 0 bridgehead atoms. The van der Waals surface area contributed by atoms with Crippen LogP contribution >= 0.6 is 36.2 Å². The van der Waals surface area contributed by atoms with Crippen LogP contribution in [0.1, 0.15) is 29.7 Å². The molecule has 4 rings (SSSR count). The summed E-state index contributed by atoms with van der Waals surface area (Å²) in [5, 5.41) is 13.6. The molecule has 1 saturated carbocycles. The van der Waals surface area contributed by atoms with Gasteiger partial charge in [-0.25, -0.2) is 0 Å². The van der Waals surface area contributed by atoms with Gasteiger partial charge < -0.3 is 5.11 Å². The lowest BCUT2D eigenvalue weighted by molar-refractivity contribution is -0.151. The van der Waals surface area contributed by atoms with Crippen LogP contribution in [0.15, 0.2) is 47.8 Å². The van der Waals surface area contributed by atoms with Gasteiger partial charge in [0, 0.05) is 37.6 Å². The van der Waals surface area contributed by atoms with Gasteiger partial charge in [0.05, 0.1) is 6.54 Å². The molecular weight excluding hydrogens is 427 g/mol. The minimum atomic E-state index is -1.33. The number of Topliss-reactive ketones (excluding diaryl/α,β-unsaturated/α-hetero) is 1. The zero-order valence-electron chi connectivity index (χ0n) is 16.5. The number of nitrogens with zero attached hydrogens (tertiary/aromatic N) is 2. The molecule has 29 heavy (non-hydrogen) atoms. The van der Waals surface area contributed by atoms with Gasteiger partial charge in [-0.3, -0.25) is 14.6 Å². The van der Waals surface area contributed by atoms with Crippen LogP contribution in [-0.2, 0) is 16.9 Å². The van der Waals surface area contributed by atoms with Gasteiger partial charge in [-0.1, -0.05) is 42.8 Å². The van der Waals surface area contributed by atoms with E-state index in [0.717, 1.165) is 57.5 Å². The summed E-state index contributed by atoms with van der Waals surface area (Å²) in [5.41, 5.74) is -0.566. The van der Waals surface area contributed by atoms with Crippen LogP contribution in [-0.4, -0.2) is 53.4 Å². The van der Waals surface area contributed by atoms with E-state index in [1.807, 2.05) is 30.3 Å². The Morgan fingerprint density at radius 1 is 1.00 bits per heavy atom. The van der Waals surface area contributed by atoms with Crippen LogP contribution in [0.3, 0.4) is 0 Å². The van der Waals surface area contributed by atoms with E-state index in [0.29, 0.717) is 6.54 Å². The maximum atomic E-state index is 13.2. The van der Waals surface area contributed by atoms with Crippen molar-refractivity contribution < 1.29 is 9.90 Å². The van der Waals surface area contributed by atoms with Crippen molar-refractivity contribution in [2.45, 2.75) is 31.4 Å². The van der Waals surface area contributed by atoms with Crippen LogP contribution in [0.5, 0.6) is 0 Å². The first-order valence-electron chi connectivity index (χ1n) is 9.94. The molecule has 1 unspecified atom stereocenters. The van der Waals surface area contributed by atoms with Crippen LogP contribution in [0, 0.1) is 5.92 Å². The molecule has 2 heterocycles. The summed E-state index contributed by atoms with van der Waals surface area (Å²) in [6.45, 7) is 5.04. The summed E-state index contributed by atoms with van der Waals surface area (Å²) in [4.78, 5) is 19.2. The average molecular weight is 457 g/mol. The first-order chi connectivity index (χ1) is 13.2. The predicted octanol–water partition coefficient (Wildman–Crippen LogP) is 3.97. The fourth-order valence-corrected chi connectivity index (χ4v) is 4.94. The van der Waals surface area contributed by atoms with Crippen molar-refractivity contribution in [3.05, 3.63) is 58.3 Å². The number of benzene rings is 1. The van der Waals surface area contributed by atoms with E-state index in [2.05, 4.69) is 27.3 Å². The monoisotopic (exact) mass is 456 g/mol. The Hall–Kier alpha value is -0.950. The summed E-state index contributed by atoms with van der Waals surface area (Å²) >= 11 is 1.80. The molecule has 0 radical (unpaired) electrons. The minimum absolute atomic E-state index is 0. The number of halogens is 2. The molecule has 160 valence electrons. The highest BCUT2D eigenvalue weighted by molar-refractivity contribution is 7.09. The molecule has 2 aromatic rings. The SMILES string of the molecule is Cl.Cl.O=C(CN1CCN(Cc2cccs2)CC1)C(O)(c1ccccc1)C1CCC1. The van der Waals surface area contributed by atoms with Gasteiger partial charge in [0.1, 0.15) is 0 Å². The number of carbonyl (C=O) groups excluding carboxylic acids is 1. The average Bonchev–Trinajstić information content (AvgIpc) is 3.15. The maximum Gasteiger partial charge on any atom is 0.183 e. The van der Waals surface area contributed by atoms with Gasteiger partial charge in [-0.15, -0.1) is 36.2 Å². The fraction of sp³-hybridized carbons (Fsp3) is 0.500. The molecule has 1 aliphatic carbocycles. The van der Waals surface area contributed by atoms with Crippen LogP contribution < -0.4 is 0 Å². The number of rotatable bonds is 7. The fourth-order valence-electron chi connectivity index (χ4n) is 4.19. The summed E-state index contributed by atoms with van der Waals surface area (Å²) in [5.74, 6) is 0.0256. The van der Waals surface area contributed by atoms with Gasteiger partial charge in [-0.05, 0) is 35.8 Å². The highest BCUT2D eigenvalue weighted by Crippen LogP contribution is 2.43. The Morgan fingerprint density at radius 2 is 1.66 bits per heavy atom. The molecule has 1 aliphatic heterocycles. The summed E-state index contributed by atoms with van der Waals surface area (Å²) in [6, 6.07) is 13.8. The van der Waals surface area contributed by atoms with Crippen molar-refractivity contribution >= 4 is 41.9 Å². The molecule has 1 atom stereocenters. The summed E-state index contributed by atoms with van der Waals surface area (Å²) in [7, 11) is 0. The van der Waals surface area contributed by atoms with Crippen molar-refractivity contribution in [1.29, 1.82) is 0 Å². The number of ketones is 1. The molecule has 1 N–H and O–H groups in total. The highest BCUT2D eigenvalue weighted by Gasteiger charge is 2.47. The van der Waals surface area contributed by atoms with E-state index in [9.17, 15) is 9.90 Å². The molecular formula is C22H30Cl2N2O2S. The van der Waals surface area contributed by atoms with Crippen molar-refractivity contribution in [3.8, 4) is 0 Å². The van der Waals surface area contributed by atoms with Crippen molar-refractivity contribution in [2.24, 2.45) is 5.92 Å². The molecule has 4 nitrogen and oxygen atoms in total. The lowest BCUT2D eigenvalue weighted by Gasteiger charge is -2.42. The van der Waals surface area contributed by atoms with Crippen molar-refractivity contribution in [3.63, 3.8) is 0 Å². The van der Waals surface area contributed by atoms with Gasteiger partial charge in [0.2, 0.25) is 0 Å². The molecule has 0 amide bonds. The van der Waals surface area contributed by atoms with Crippen LogP contribution in [0.2, 0.25) is 0 Å². The zero-order chi connectivity index (χ0) is 18.7. The predicted molar refractivity (Wildman–Crippen MR) is 123 cm³/mol. The smallest absolute Gasteiger partial charge is 0.183 e. The second kappa shape index (κ2) is 10.9. The Morgan fingerprint density at radius 3 is 2.21 bits per heavy atom. The third-order valence-corrected chi connectivity index (χ3v) is 6.99. The molecule has 1 saturated heterocycles. The highest BCUT2D eigenvalue weighted by atomic mass is 35.5. The molecule has 2 aliphatic rings. The topological polar surface area (TPSA) is 43.8 Å². The van der Waals surface area contributed by atoms with Crippen molar-refractivity contribution in [2.75, 3.05) is 32.7 Å². The molecule has 2 fully saturated rings. The zero-order valence-corrected chi connectivity index (χ0v) is 19.0. The molecule has 1 aromatic carbocycles. The molecule has 1 aromatic heterocycles. The molecule has 7 heteroatoms. The largest absolute Gasteiger partial charge is 0.377 e. The second-order valence-corrected chi connectivity index (χ2v) is 8.85. The number of hydrogen-bond donors (Lipinski definition) is 1. The van der Waals surface area contributed by atoms with Gasteiger partial charge >= 0.3 is 0 Å². The number of carbonyl (C=O) groups is 1. The normalized spacial score (nSPS) is 20.0. The Labute approximate surface area is 189 Å². The number of thiophene rings is 1. The Bertz CT molecular complexity index is 747. The van der Waals surface area contributed by atoms with Gasteiger partial charge in [0.25, 0.3) is 0 Å². The maximum absolute atomic E-state index is 13.2. The first-order valence-corrected chi connectivity index (χ1v) is 10.8. The quantitative estimate of drug-likeness (QED) is 0.684. The van der Waals surface area contributed by atoms with Gasteiger partial charge in [0.15, 0.2) is 11.4 Å².